The number of aryl methyl sites for hydroxylation is 2. The van der Waals surface area contributed by atoms with E-state index in [0.29, 0.717) is 17.8 Å². The Labute approximate surface area is 213 Å². The molecule has 6 nitrogen and oxygen atoms in total. The Balaban J connectivity index is 1.24. The minimum absolute atomic E-state index is 0.0702. The maximum Gasteiger partial charge on any atom is 0.252 e. The van der Waals surface area contributed by atoms with E-state index in [0.717, 1.165) is 54.9 Å². The summed E-state index contributed by atoms with van der Waals surface area (Å²) < 4.78 is 0. The van der Waals surface area contributed by atoms with Crippen molar-refractivity contribution in [2.24, 2.45) is 0 Å². The first kappa shape index (κ1) is 23.9. The molecule has 1 fully saturated rings. The zero-order valence-corrected chi connectivity index (χ0v) is 21.3. The summed E-state index contributed by atoms with van der Waals surface area (Å²) in [6.45, 7) is 11.8. The van der Waals surface area contributed by atoms with E-state index >= 15 is 0 Å². The Kier molecular flexibility index (Phi) is 6.96. The Morgan fingerprint density at radius 3 is 2.53 bits per heavy atom. The first-order valence-corrected chi connectivity index (χ1v) is 12.6. The summed E-state index contributed by atoms with van der Waals surface area (Å²) in [6.07, 6.45) is 1.75. The molecule has 1 aliphatic heterocycles. The molecule has 36 heavy (non-hydrogen) atoms. The summed E-state index contributed by atoms with van der Waals surface area (Å²) in [5, 5.41) is 4.02. The molecule has 1 aliphatic rings. The smallest absolute Gasteiger partial charge is 0.252 e. The second-order valence-corrected chi connectivity index (χ2v) is 9.59. The Hall–Kier alpha value is -3.77. The molecule has 0 aliphatic carbocycles. The minimum Gasteiger partial charge on any atom is -0.369 e. The van der Waals surface area contributed by atoms with Crippen LogP contribution in [0, 0.1) is 20.8 Å². The highest BCUT2D eigenvalue weighted by Gasteiger charge is 2.19. The van der Waals surface area contributed by atoms with Crippen LogP contribution in [-0.4, -0.2) is 60.0 Å². The number of amides is 1. The van der Waals surface area contributed by atoms with Crippen LogP contribution in [0.2, 0.25) is 0 Å². The molecule has 1 N–H and O–H groups in total. The standard InChI is InChI=1S/C30H33N5O/c1-21-10-11-26-24(19-21)25(20-28(33-26)27-8-4-5-12-31-27)30(36)32-13-14-34-15-17-35(18-16-34)29-9-6-7-22(2)23(29)3/h4-12,19-20H,13-18H2,1-3H3,(H,32,36). The quantitative estimate of drug-likeness (QED) is 0.432. The number of rotatable bonds is 6. The molecule has 2 aromatic carbocycles. The van der Waals surface area contributed by atoms with Crippen LogP contribution in [0.5, 0.6) is 0 Å². The maximum atomic E-state index is 13.3. The van der Waals surface area contributed by atoms with Crippen LogP contribution in [0.3, 0.4) is 0 Å². The lowest BCUT2D eigenvalue weighted by Crippen LogP contribution is -2.48. The summed E-state index contributed by atoms with van der Waals surface area (Å²) in [4.78, 5) is 27.4. The number of piperazine rings is 1. The predicted molar refractivity (Wildman–Crippen MR) is 147 cm³/mol. The Morgan fingerprint density at radius 2 is 1.75 bits per heavy atom. The van der Waals surface area contributed by atoms with E-state index < -0.39 is 0 Å². The third-order valence-electron chi connectivity index (χ3n) is 7.14. The number of pyridine rings is 2. The van der Waals surface area contributed by atoms with Gasteiger partial charge in [-0.3, -0.25) is 14.7 Å². The van der Waals surface area contributed by atoms with Gasteiger partial charge in [-0.05, 0) is 68.3 Å². The highest BCUT2D eigenvalue weighted by atomic mass is 16.1. The van der Waals surface area contributed by atoms with E-state index in [1.54, 1.807) is 6.20 Å². The van der Waals surface area contributed by atoms with E-state index in [2.05, 4.69) is 52.1 Å². The molecule has 0 saturated carbocycles. The summed E-state index contributed by atoms with van der Waals surface area (Å²) in [5.74, 6) is -0.0702. The fourth-order valence-electron chi connectivity index (χ4n) is 4.89. The van der Waals surface area contributed by atoms with Gasteiger partial charge in [0, 0.05) is 56.5 Å². The fraction of sp³-hybridized carbons (Fsp3) is 0.300. The molecule has 3 heterocycles. The summed E-state index contributed by atoms with van der Waals surface area (Å²) >= 11 is 0. The van der Waals surface area contributed by atoms with Gasteiger partial charge in [-0.25, -0.2) is 4.98 Å². The van der Waals surface area contributed by atoms with Gasteiger partial charge in [0.1, 0.15) is 0 Å². The minimum atomic E-state index is -0.0702. The zero-order valence-electron chi connectivity index (χ0n) is 21.3. The van der Waals surface area contributed by atoms with Crippen molar-refractivity contribution in [3.8, 4) is 11.4 Å². The third kappa shape index (κ3) is 5.09. The molecule has 4 aromatic rings. The van der Waals surface area contributed by atoms with Crippen molar-refractivity contribution < 1.29 is 4.79 Å². The molecule has 2 aromatic heterocycles. The van der Waals surface area contributed by atoms with Crippen LogP contribution < -0.4 is 10.2 Å². The average Bonchev–Trinajstić information content (AvgIpc) is 2.90. The van der Waals surface area contributed by atoms with Gasteiger partial charge in [-0.1, -0.05) is 29.8 Å². The normalized spacial score (nSPS) is 14.2. The lowest BCUT2D eigenvalue weighted by molar-refractivity contribution is 0.0949. The summed E-state index contributed by atoms with van der Waals surface area (Å²) in [7, 11) is 0. The monoisotopic (exact) mass is 479 g/mol. The topological polar surface area (TPSA) is 61.4 Å². The van der Waals surface area contributed by atoms with Crippen molar-refractivity contribution in [2.45, 2.75) is 20.8 Å². The van der Waals surface area contributed by atoms with Gasteiger partial charge in [0.25, 0.3) is 5.91 Å². The largest absolute Gasteiger partial charge is 0.369 e. The van der Waals surface area contributed by atoms with Gasteiger partial charge in [-0.2, -0.15) is 0 Å². The highest BCUT2D eigenvalue weighted by Crippen LogP contribution is 2.25. The van der Waals surface area contributed by atoms with Crippen LogP contribution >= 0.6 is 0 Å². The number of hydrogen-bond acceptors (Lipinski definition) is 5. The van der Waals surface area contributed by atoms with Crippen molar-refractivity contribution in [1.29, 1.82) is 0 Å². The van der Waals surface area contributed by atoms with Gasteiger partial charge < -0.3 is 10.2 Å². The lowest BCUT2D eigenvalue weighted by atomic mass is 10.0. The second kappa shape index (κ2) is 10.5. The number of fused-ring (bicyclic) bond motifs is 1. The SMILES string of the molecule is Cc1ccc2nc(-c3ccccn3)cc(C(=O)NCCN3CCN(c4cccc(C)c4C)CC3)c2c1. The van der Waals surface area contributed by atoms with E-state index in [1.165, 1.54) is 16.8 Å². The van der Waals surface area contributed by atoms with Crippen LogP contribution in [0.4, 0.5) is 5.69 Å². The fourth-order valence-corrected chi connectivity index (χ4v) is 4.89. The van der Waals surface area contributed by atoms with Crippen LogP contribution in [0.15, 0.2) is 66.9 Å². The average molecular weight is 480 g/mol. The first-order chi connectivity index (χ1) is 17.5. The molecule has 0 bridgehead atoms. The number of anilines is 1. The number of benzene rings is 2. The van der Waals surface area contributed by atoms with Gasteiger partial charge >= 0.3 is 0 Å². The number of carbonyl (C=O) groups excluding carboxylic acids is 1. The van der Waals surface area contributed by atoms with Crippen molar-refractivity contribution in [3.63, 3.8) is 0 Å². The number of aromatic nitrogens is 2. The van der Waals surface area contributed by atoms with E-state index in [1.807, 2.05) is 49.4 Å². The van der Waals surface area contributed by atoms with E-state index in [4.69, 9.17) is 4.98 Å². The Morgan fingerprint density at radius 1 is 0.917 bits per heavy atom. The van der Waals surface area contributed by atoms with Gasteiger partial charge in [0.05, 0.1) is 22.5 Å². The van der Waals surface area contributed by atoms with Gasteiger partial charge in [-0.15, -0.1) is 0 Å². The van der Waals surface area contributed by atoms with Crippen molar-refractivity contribution in [1.82, 2.24) is 20.2 Å². The number of nitrogens with zero attached hydrogens (tertiary/aromatic N) is 4. The van der Waals surface area contributed by atoms with Crippen molar-refractivity contribution in [3.05, 3.63) is 89.1 Å². The summed E-state index contributed by atoms with van der Waals surface area (Å²) in [5.41, 5.74) is 8.05. The van der Waals surface area contributed by atoms with Crippen LogP contribution in [0.1, 0.15) is 27.0 Å². The van der Waals surface area contributed by atoms with Crippen molar-refractivity contribution in [2.75, 3.05) is 44.2 Å². The molecule has 0 unspecified atom stereocenters. The van der Waals surface area contributed by atoms with E-state index in [-0.39, 0.29) is 5.91 Å². The van der Waals surface area contributed by atoms with Gasteiger partial charge in [0.15, 0.2) is 0 Å². The highest BCUT2D eigenvalue weighted by molar-refractivity contribution is 6.07. The second-order valence-electron chi connectivity index (χ2n) is 9.59. The molecule has 0 spiro atoms. The predicted octanol–water partition coefficient (Wildman–Crippen LogP) is 4.77. The van der Waals surface area contributed by atoms with Gasteiger partial charge in [0.2, 0.25) is 0 Å². The third-order valence-corrected chi connectivity index (χ3v) is 7.14. The van der Waals surface area contributed by atoms with Crippen LogP contribution in [-0.2, 0) is 0 Å². The zero-order chi connectivity index (χ0) is 25.1. The van der Waals surface area contributed by atoms with Crippen LogP contribution in [0.25, 0.3) is 22.3 Å². The molecule has 1 amide bonds. The Bertz CT molecular complexity index is 1380. The molecular weight excluding hydrogens is 446 g/mol. The molecule has 6 heteroatoms. The molecule has 0 atom stereocenters. The molecule has 0 radical (unpaired) electrons. The molecular formula is C30H33N5O. The first-order valence-electron chi connectivity index (χ1n) is 12.6. The maximum absolute atomic E-state index is 13.3. The number of hydrogen-bond donors (Lipinski definition) is 1. The number of carbonyl (C=O) groups is 1. The summed E-state index contributed by atoms with van der Waals surface area (Å²) in [6, 6.07) is 20.2. The molecule has 5 rings (SSSR count). The van der Waals surface area contributed by atoms with Crippen molar-refractivity contribution >= 4 is 22.5 Å². The molecule has 184 valence electrons. The number of nitrogens with one attached hydrogen (secondary N) is 1. The lowest BCUT2D eigenvalue weighted by Gasteiger charge is -2.37. The van der Waals surface area contributed by atoms with E-state index in [9.17, 15) is 4.79 Å². The molecule has 1 saturated heterocycles.